The van der Waals surface area contributed by atoms with Gasteiger partial charge in [0.1, 0.15) is 0 Å². The molecule has 1 unspecified atom stereocenters. The lowest BCUT2D eigenvalue weighted by Crippen LogP contribution is -2.33. The first-order valence-electron chi connectivity index (χ1n) is 6.39. The predicted octanol–water partition coefficient (Wildman–Crippen LogP) is 1.70. The van der Waals surface area contributed by atoms with Gasteiger partial charge in [0.25, 0.3) is 0 Å². The first-order valence-corrected chi connectivity index (χ1v) is 6.39. The summed E-state index contributed by atoms with van der Waals surface area (Å²) in [7, 11) is 0. The van der Waals surface area contributed by atoms with Crippen molar-refractivity contribution in [1.82, 2.24) is 4.90 Å². The number of nitrogens with one attached hydrogen (secondary N) is 1. The smallest absolute Gasteiger partial charge is 0.238 e. The van der Waals surface area contributed by atoms with Crippen LogP contribution in [0.3, 0.4) is 0 Å². The molecule has 106 valence electrons. The standard InChI is InChI=1S/C14H21N3O.ClH/c1-10-3-4-11(2)13(7-10)16-14(18)9-17-6-5-12(15)8-17;/h3-4,7,12H,5-6,8-9,15H2,1-2H3,(H,16,18);1H. The van der Waals surface area contributed by atoms with E-state index in [-0.39, 0.29) is 24.4 Å². The number of anilines is 1. The first-order chi connectivity index (χ1) is 8.54. The molecule has 1 heterocycles. The number of amides is 1. The van der Waals surface area contributed by atoms with Gasteiger partial charge >= 0.3 is 0 Å². The van der Waals surface area contributed by atoms with Gasteiger partial charge in [0.05, 0.1) is 6.54 Å². The lowest BCUT2D eigenvalue weighted by atomic mass is 10.1. The summed E-state index contributed by atoms with van der Waals surface area (Å²) in [6, 6.07) is 6.29. The molecule has 0 aliphatic carbocycles. The fraction of sp³-hybridized carbons (Fsp3) is 0.500. The summed E-state index contributed by atoms with van der Waals surface area (Å²) in [6.45, 7) is 6.19. The van der Waals surface area contributed by atoms with Gasteiger partial charge in [0.15, 0.2) is 0 Å². The molecule has 1 amide bonds. The molecule has 0 saturated carbocycles. The third kappa shape index (κ3) is 4.49. The van der Waals surface area contributed by atoms with E-state index in [0.29, 0.717) is 6.54 Å². The Morgan fingerprint density at radius 3 is 2.84 bits per heavy atom. The van der Waals surface area contributed by atoms with E-state index in [2.05, 4.69) is 10.2 Å². The number of benzene rings is 1. The predicted molar refractivity (Wildman–Crippen MR) is 80.8 cm³/mol. The maximum absolute atomic E-state index is 11.9. The number of rotatable bonds is 3. The summed E-state index contributed by atoms with van der Waals surface area (Å²) in [6.07, 6.45) is 0.983. The monoisotopic (exact) mass is 283 g/mol. The molecule has 4 nitrogen and oxygen atoms in total. The normalized spacial score (nSPS) is 19.0. The van der Waals surface area contributed by atoms with Crippen molar-refractivity contribution >= 4 is 24.0 Å². The lowest BCUT2D eigenvalue weighted by Gasteiger charge is -2.15. The van der Waals surface area contributed by atoms with Gasteiger partial charge in [-0.3, -0.25) is 9.69 Å². The van der Waals surface area contributed by atoms with E-state index in [1.807, 2.05) is 32.0 Å². The Labute approximate surface area is 120 Å². The number of likely N-dealkylation sites (tertiary alicyclic amines) is 1. The van der Waals surface area contributed by atoms with Gasteiger partial charge in [0, 0.05) is 24.8 Å². The molecule has 1 fully saturated rings. The second-order valence-electron chi connectivity index (χ2n) is 5.15. The summed E-state index contributed by atoms with van der Waals surface area (Å²) < 4.78 is 0. The van der Waals surface area contributed by atoms with Gasteiger partial charge in [-0.2, -0.15) is 0 Å². The molecule has 1 atom stereocenters. The Morgan fingerprint density at radius 2 is 2.21 bits per heavy atom. The molecule has 0 spiro atoms. The zero-order chi connectivity index (χ0) is 13.1. The van der Waals surface area contributed by atoms with E-state index in [4.69, 9.17) is 5.73 Å². The van der Waals surface area contributed by atoms with Crippen LogP contribution in [0.5, 0.6) is 0 Å². The second kappa shape index (κ2) is 6.89. The van der Waals surface area contributed by atoms with Crippen LogP contribution in [0.4, 0.5) is 5.69 Å². The molecule has 1 aliphatic rings. The Bertz CT molecular complexity index is 450. The third-order valence-electron chi connectivity index (χ3n) is 3.34. The average Bonchev–Trinajstić information content (AvgIpc) is 2.69. The highest BCUT2D eigenvalue weighted by Gasteiger charge is 2.21. The van der Waals surface area contributed by atoms with Crippen molar-refractivity contribution in [2.75, 3.05) is 25.0 Å². The van der Waals surface area contributed by atoms with Crippen LogP contribution in [0.25, 0.3) is 0 Å². The van der Waals surface area contributed by atoms with Crippen LogP contribution in [0, 0.1) is 13.8 Å². The fourth-order valence-corrected chi connectivity index (χ4v) is 2.27. The summed E-state index contributed by atoms with van der Waals surface area (Å²) in [5.74, 6) is 0.0396. The van der Waals surface area contributed by atoms with Gasteiger partial charge in [-0.1, -0.05) is 12.1 Å². The van der Waals surface area contributed by atoms with E-state index in [9.17, 15) is 4.79 Å². The van der Waals surface area contributed by atoms with Crippen LogP contribution in [0.15, 0.2) is 18.2 Å². The van der Waals surface area contributed by atoms with Crippen molar-refractivity contribution < 1.29 is 4.79 Å². The molecule has 0 radical (unpaired) electrons. The highest BCUT2D eigenvalue weighted by Crippen LogP contribution is 2.16. The van der Waals surface area contributed by atoms with Gasteiger partial charge in [-0.05, 0) is 37.5 Å². The lowest BCUT2D eigenvalue weighted by molar-refractivity contribution is -0.117. The van der Waals surface area contributed by atoms with E-state index in [0.717, 1.165) is 36.3 Å². The number of carbonyl (C=O) groups excluding carboxylic acids is 1. The minimum Gasteiger partial charge on any atom is -0.326 e. The summed E-state index contributed by atoms with van der Waals surface area (Å²) >= 11 is 0. The van der Waals surface area contributed by atoms with Crippen LogP contribution < -0.4 is 11.1 Å². The molecule has 1 aliphatic heterocycles. The summed E-state index contributed by atoms with van der Waals surface area (Å²) in [4.78, 5) is 14.0. The van der Waals surface area contributed by atoms with Crippen molar-refractivity contribution in [2.24, 2.45) is 5.73 Å². The summed E-state index contributed by atoms with van der Waals surface area (Å²) in [5.41, 5.74) is 8.97. The fourth-order valence-electron chi connectivity index (χ4n) is 2.27. The number of carbonyl (C=O) groups is 1. The Balaban J connectivity index is 0.00000180. The molecule has 1 saturated heterocycles. The zero-order valence-corrected chi connectivity index (χ0v) is 12.3. The van der Waals surface area contributed by atoms with E-state index in [1.54, 1.807) is 0 Å². The molecule has 1 aromatic carbocycles. The van der Waals surface area contributed by atoms with Crippen molar-refractivity contribution in [1.29, 1.82) is 0 Å². The largest absolute Gasteiger partial charge is 0.326 e. The number of nitrogens with zero attached hydrogens (tertiary/aromatic N) is 1. The van der Waals surface area contributed by atoms with E-state index in [1.165, 1.54) is 0 Å². The third-order valence-corrected chi connectivity index (χ3v) is 3.34. The van der Waals surface area contributed by atoms with Crippen LogP contribution in [0.1, 0.15) is 17.5 Å². The minimum absolute atomic E-state index is 0. The molecule has 1 aromatic rings. The zero-order valence-electron chi connectivity index (χ0n) is 11.5. The highest BCUT2D eigenvalue weighted by atomic mass is 35.5. The molecule has 3 N–H and O–H groups in total. The molecular weight excluding hydrogens is 262 g/mol. The van der Waals surface area contributed by atoms with Crippen LogP contribution in [-0.2, 0) is 4.79 Å². The van der Waals surface area contributed by atoms with Crippen LogP contribution >= 0.6 is 12.4 Å². The van der Waals surface area contributed by atoms with Crippen molar-refractivity contribution in [3.8, 4) is 0 Å². The molecule has 19 heavy (non-hydrogen) atoms. The minimum atomic E-state index is 0. The number of halogens is 1. The van der Waals surface area contributed by atoms with E-state index >= 15 is 0 Å². The quantitative estimate of drug-likeness (QED) is 0.888. The Morgan fingerprint density at radius 1 is 1.47 bits per heavy atom. The van der Waals surface area contributed by atoms with Crippen molar-refractivity contribution in [2.45, 2.75) is 26.3 Å². The molecule has 5 heteroatoms. The van der Waals surface area contributed by atoms with Gasteiger partial charge < -0.3 is 11.1 Å². The van der Waals surface area contributed by atoms with Gasteiger partial charge in [0.2, 0.25) is 5.91 Å². The number of aryl methyl sites for hydroxylation is 2. The topological polar surface area (TPSA) is 58.4 Å². The van der Waals surface area contributed by atoms with Crippen molar-refractivity contribution in [3.63, 3.8) is 0 Å². The second-order valence-corrected chi connectivity index (χ2v) is 5.15. The number of hydrogen-bond donors (Lipinski definition) is 2. The molecule has 0 bridgehead atoms. The number of nitrogens with two attached hydrogens (primary N) is 1. The Hall–Kier alpha value is -1.10. The average molecular weight is 284 g/mol. The van der Waals surface area contributed by atoms with E-state index < -0.39 is 0 Å². The molecule has 2 rings (SSSR count). The SMILES string of the molecule is Cc1ccc(C)c(NC(=O)CN2CCC(N)C2)c1.Cl. The Kier molecular flexibility index (Phi) is 5.79. The van der Waals surface area contributed by atoms with Crippen molar-refractivity contribution in [3.05, 3.63) is 29.3 Å². The van der Waals surface area contributed by atoms with Crippen LogP contribution in [-0.4, -0.2) is 36.5 Å². The molecule has 0 aromatic heterocycles. The highest BCUT2D eigenvalue weighted by molar-refractivity contribution is 5.93. The van der Waals surface area contributed by atoms with Crippen LogP contribution in [0.2, 0.25) is 0 Å². The van der Waals surface area contributed by atoms with Gasteiger partial charge in [-0.15, -0.1) is 12.4 Å². The van der Waals surface area contributed by atoms with Gasteiger partial charge in [-0.25, -0.2) is 0 Å². The summed E-state index contributed by atoms with van der Waals surface area (Å²) in [5, 5.41) is 2.97. The first kappa shape index (κ1) is 16.0. The maximum Gasteiger partial charge on any atom is 0.238 e. The maximum atomic E-state index is 11.9. The number of hydrogen-bond acceptors (Lipinski definition) is 3. The molecular formula is C14H22ClN3O.